The fourth-order valence-corrected chi connectivity index (χ4v) is 3.42. The second kappa shape index (κ2) is 10.6. The van der Waals surface area contributed by atoms with Gasteiger partial charge >= 0.3 is 6.03 Å². The van der Waals surface area contributed by atoms with Gasteiger partial charge in [0.1, 0.15) is 0 Å². The van der Waals surface area contributed by atoms with Gasteiger partial charge in [-0.05, 0) is 62.1 Å². The van der Waals surface area contributed by atoms with Crippen LogP contribution in [0, 0.1) is 0 Å². The number of nitrogens with zero attached hydrogens (tertiary/aromatic N) is 1. The molecule has 2 aromatic carbocycles. The molecule has 2 aromatic rings. The molecule has 0 atom stereocenters. The van der Waals surface area contributed by atoms with Gasteiger partial charge in [-0.25, -0.2) is 4.79 Å². The highest BCUT2D eigenvalue weighted by Gasteiger charge is 2.19. The fourth-order valence-electron chi connectivity index (χ4n) is 3.42. The number of hydrogen-bond donors (Lipinski definition) is 3. The summed E-state index contributed by atoms with van der Waals surface area (Å²) in [4.78, 5) is 38.3. The average Bonchev–Trinajstić information content (AvgIpc) is 3.31. The lowest BCUT2D eigenvalue weighted by Crippen LogP contribution is -2.39. The van der Waals surface area contributed by atoms with Crippen LogP contribution in [0.15, 0.2) is 48.5 Å². The molecule has 31 heavy (non-hydrogen) atoms. The van der Waals surface area contributed by atoms with Crippen molar-refractivity contribution in [1.82, 2.24) is 20.9 Å². The van der Waals surface area contributed by atoms with Crippen LogP contribution in [0.4, 0.5) is 4.79 Å². The van der Waals surface area contributed by atoms with Gasteiger partial charge in [0.25, 0.3) is 11.8 Å². The predicted molar refractivity (Wildman–Crippen MR) is 120 cm³/mol. The van der Waals surface area contributed by atoms with Gasteiger partial charge in [0, 0.05) is 43.3 Å². The standard InChI is InChI=1S/C24H30N4O3/c1-17(2)27-24(31)26-16-19-5-9-20(10-6-19)22(29)25-15-18-7-11-21(12-8-18)23(30)28-13-3-4-14-28/h5-12,17H,3-4,13-16H2,1-2H3,(H,25,29)(H2,26,27,31). The Morgan fingerprint density at radius 1 is 0.806 bits per heavy atom. The average molecular weight is 423 g/mol. The van der Waals surface area contributed by atoms with Crippen molar-refractivity contribution in [2.24, 2.45) is 0 Å². The van der Waals surface area contributed by atoms with Gasteiger partial charge in [-0.2, -0.15) is 0 Å². The summed E-state index contributed by atoms with van der Waals surface area (Å²) in [6.45, 7) is 6.23. The van der Waals surface area contributed by atoms with Crippen molar-refractivity contribution in [2.45, 2.75) is 45.8 Å². The highest BCUT2D eigenvalue weighted by Crippen LogP contribution is 2.14. The summed E-state index contributed by atoms with van der Waals surface area (Å²) in [5, 5.41) is 8.44. The molecular formula is C24H30N4O3. The third-order valence-electron chi connectivity index (χ3n) is 5.14. The maximum absolute atomic E-state index is 12.4. The highest BCUT2D eigenvalue weighted by atomic mass is 16.2. The number of likely N-dealkylation sites (tertiary alicyclic amines) is 1. The molecule has 3 N–H and O–H groups in total. The lowest BCUT2D eigenvalue weighted by molar-refractivity contribution is 0.0792. The van der Waals surface area contributed by atoms with E-state index < -0.39 is 0 Å². The molecule has 0 spiro atoms. The first-order chi connectivity index (χ1) is 14.9. The zero-order chi connectivity index (χ0) is 22.2. The van der Waals surface area contributed by atoms with Crippen LogP contribution in [0.25, 0.3) is 0 Å². The van der Waals surface area contributed by atoms with Gasteiger partial charge in [-0.15, -0.1) is 0 Å². The van der Waals surface area contributed by atoms with E-state index in [-0.39, 0.29) is 23.9 Å². The first-order valence-electron chi connectivity index (χ1n) is 10.7. The predicted octanol–water partition coefficient (Wildman–Crippen LogP) is 3.06. The third-order valence-corrected chi connectivity index (χ3v) is 5.14. The minimum Gasteiger partial charge on any atom is -0.348 e. The van der Waals surface area contributed by atoms with Crippen molar-refractivity contribution in [2.75, 3.05) is 13.1 Å². The first kappa shape index (κ1) is 22.3. The number of amides is 4. The lowest BCUT2D eigenvalue weighted by Gasteiger charge is -2.15. The molecule has 0 bridgehead atoms. The Balaban J connectivity index is 1.46. The summed E-state index contributed by atoms with van der Waals surface area (Å²) in [7, 11) is 0. The molecule has 3 rings (SSSR count). The van der Waals surface area contributed by atoms with Crippen LogP contribution in [0.2, 0.25) is 0 Å². The minimum atomic E-state index is -0.218. The summed E-state index contributed by atoms with van der Waals surface area (Å²) in [6, 6.07) is 14.4. The van der Waals surface area contributed by atoms with E-state index in [1.54, 1.807) is 12.1 Å². The molecule has 4 amide bonds. The zero-order valence-electron chi connectivity index (χ0n) is 18.1. The number of benzene rings is 2. The minimum absolute atomic E-state index is 0.0735. The number of urea groups is 1. The summed E-state index contributed by atoms with van der Waals surface area (Å²) in [5.74, 6) is -0.0985. The maximum Gasteiger partial charge on any atom is 0.315 e. The molecule has 1 aliphatic heterocycles. The molecular weight excluding hydrogens is 392 g/mol. The molecule has 7 heteroatoms. The molecule has 0 unspecified atom stereocenters. The normalized spacial score (nSPS) is 13.2. The molecule has 0 aromatic heterocycles. The van der Waals surface area contributed by atoms with E-state index in [4.69, 9.17) is 0 Å². The van der Waals surface area contributed by atoms with Crippen LogP contribution in [0.3, 0.4) is 0 Å². The molecule has 0 saturated carbocycles. The van der Waals surface area contributed by atoms with Crippen LogP contribution < -0.4 is 16.0 Å². The van der Waals surface area contributed by atoms with Gasteiger partial charge in [0.15, 0.2) is 0 Å². The second-order valence-corrected chi connectivity index (χ2v) is 8.06. The van der Waals surface area contributed by atoms with Gasteiger partial charge in [-0.1, -0.05) is 24.3 Å². The van der Waals surface area contributed by atoms with E-state index in [1.165, 1.54) is 0 Å². The van der Waals surface area contributed by atoms with Crippen LogP contribution in [-0.2, 0) is 13.1 Å². The van der Waals surface area contributed by atoms with Gasteiger partial charge in [0.05, 0.1) is 0 Å². The largest absolute Gasteiger partial charge is 0.348 e. The van der Waals surface area contributed by atoms with Gasteiger partial charge in [-0.3, -0.25) is 9.59 Å². The van der Waals surface area contributed by atoms with E-state index in [1.807, 2.05) is 55.1 Å². The highest BCUT2D eigenvalue weighted by molar-refractivity contribution is 5.95. The smallest absolute Gasteiger partial charge is 0.315 e. The van der Waals surface area contributed by atoms with Gasteiger partial charge in [0.2, 0.25) is 0 Å². The number of carbonyl (C=O) groups excluding carboxylic acids is 3. The monoisotopic (exact) mass is 422 g/mol. The first-order valence-corrected chi connectivity index (χ1v) is 10.7. The topological polar surface area (TPSA) is 90.5 Å². The molecule has 0 radical (unpaired) electrons. The number of rotatable bonds is 7. The summed E-state index contributed by atoms with van der Waals surface area (Å²) in [5.41, 5.74) is 3.08. The van der Waals surface area contributed by atoms with E-state index in [0.717, 1.165) is 37.1 Å². The quantitative estimate of drug-likeness (QED) is 0.641. The van der Waals surface area contributed by atoms with Crippen LogP contribution in [-0.4, -0.2) is 41.9 Å². The SMILES string of the molecule is CC(C)NC(=O)NCc1ccc(C(=O)NCc2ccc(C(=O)N3CCCC3)cc2)cc1. The Morgan fingerprint density at radius 2 is 1.32 bits per heavy atom. The molecule has 1 aliphatic rings. The Hall–Kier alpha value is -3.35. The van der Waals surface area contributed by atoms with Crippen molar-refractivity contribution in [3.63, 3.8) is 0 Å². The van der Waals surface area contributed by atoms with Crippen molar-refractivity contribution < 1.29 is 14.4 Å². The van der Waals surface area contributed by atoms with E-state index >= 15 is 0 Å². The maximum atomic E-state index is 12.4. The number of nitrogens with one attached hydrogen (secondary N) is 3. The lowest BCUT2D eigenvalue weighted by atomic mass is 10.1. The Morgan fingerprint density at radius 3 is 1.87 bits per heavy atom. The molecule has 164 valence electrons. The van der Waals surface area contributed by atoms with Crippen LogP contribution >= 0.6 is 0 Å². The van der Waals surface area contributed by atoms with E-state index in [2.05, 4.69) is 16.0 Å². The number of carbonyl (C=O) groups is 3. The van der Waals surface area contributed by atoms with E-state index in [0.29, 0.717) is 24.2 Å². The van der Waals surface area contributed by atoms with E-state index in [9.17, 15) is 14.4 Å². The third kappa shape index (κ3) is 6.57. The Labute approximate surface area is 183 Å². The fraction of sp³-hybridized carbons (Fsp3) is 0.375. The molecule has 7 nitrogen and oxygen atoms in total. The van der Waals surface area contributed by atoms with Crippen LogP contribution in [0.5, 0.6) is 0 Å². The summed E-state index contributed by atoms with van der Waals surface area (Å²) < 4.78 is 0. The Bertz CT molecular complexity index is 901. The van der Waals surface area contributed by atoms with Crippen molar-refractivity contribution in [3.05, 3.63) is 70.8 Å². The Kier molecular flexibility index (Phi) is 7.65. The molecule has 1 heterocycles. The number of hydrogen-bond acceptors (Lipinski definition) is 3. The molecule has 1 fully saturated rings. The summed E-state index contributed by atoms with van der Waals surface area (Å²) in [6.07, 6.45) is 2.14. The summed E-state index contributed by atoms with van der Waals surface area (Å²) >= 11 is 0. The van der Waals surface area contributed by atoms with Crippen molar-refractivity contribution >= 4 is 17.8 Å². The zero-order valence-corrected chi connectivity index (χ0v) is 18.1. The molecule has 0 aliphatic carbocycles. The van der Waals surface area contributed by atoms with Gasteiger partial charge < -0.3 is 20.9 Å². The van der Waals surface area contributed by atoms with Crippen LogP contribution in [0.1, 0.15) is 58.5 Å². The molecule has 1 saturated heterocycles. The second-order valence-electron chi connectivity index (χ2n) is 8.06. The van der Waals surface area contributed by atoms with Crippen molar-refractivity contribution in [1.29, 1.82) is 0 Å². The van der Waals surface area contributed by atoms with Crippen molar-refractivity contribution in [3.8, 4) is 0 Å².